The van der Waals surface area contributed by atoms with E-state index >= 15 is 0 Å². The number of hydrogen-bond donors (Lipinski definition) is 1. The molecule has 0 saturated heterocycles. The second-order valence-corrected chi connectivity index (χ2v) is 8.87. The Balaban J connectivity index is 1.73. The number of thioether (sulfide) groups is 1. The van der Waals surface area contributed by atoms with E-state index in [2.05, 4.69) is 10.4 Å². The molecule has 0 unspecified atom stereocenters. The van der Waals surface area contributed by atoms with Gasteiger partial charge in [0.25, 0.3) is 5.56 Å². The minimum Gasteiger partial charge on any atom is -0.497 e. The van der Waals surface area contributed by atoms with Crippen LogP contribution in [-0.4, -0.2) is 28.6 Å². The highest BCUT2D eigenvalue weighted by Gasteiger charge is 2.18. The third-order valence-electron chi connectivity index (χ3n) is 4.68. The van der Waals surface area contributed by atoms with E-state index < -0.39 is 0 Å². The number of aromatic nitrogens is 2. The normalized spacial score (nSPS) is 11.2. The topological polar surface area (TPSA) is 73.2 Å². The van der Waals surface area contributed by atoms with Crippen LogP contribution in [0.3, 0.4) is 0 Å². The Kier molecular flexibility index (Phi) is 6.72. The molecule has 0 aliphatic rings. The zero-order valence-corrected chi connectivity index (χ0v) is 19.2. The Bertz CT molecular complexity index is 1330. The van der Waals surface area contributed by atoms with Crippen LogP contribution in [0, 0.1) is 0 Å². The van der Waals surface area contributed by atoms with Crippen molar-refractivity contribution in [3.8, 4) is 11.4 Å². The molecule has 0 aliphatic carbocycles. The van der Waals surface area contributed by atoms with Crippen molar-refractivity contribution in [2.24, 2.45) is 0 Å². The van der Waals surface area contributed by atoms with Gasteiger partial charge in [-0.25, -0.2) is 0 Å². The summed E-state index contributed by atoms with van der Waals surface area (Å²) in [5.74, 6) is 1.20. The van der Waals surface area contributed by atoms with Crippen molar-refractivity contribution < 1.29 is 9.53 Å². The van der Waals surface area contributed by atoms with Crippen LogP contribution in [0.15, 0.2) is 75.9 Å². The number of carbonyl (C=O) groups excluding carboxylic acids is 1. The minimum absolute atomic E-state index is 0.283. The molecule has 1 N–H and O–H groups in total. The van der Waals surface area contributed by atoms with Gasteiger partial charge in [0.2, 0.25) is 5.91 Å². The van der Waals surface area contributed by atoms with Gasteiger partial charge in [0.1, 0.15) is 15.8 Å². The van der Waals surface area contributed by atoms with Gasteiger partial charge in [0, 0.05) is 16.8 Å². The summed E-state index contributed by atoms with van der Waals surface area (Å²) in [6.07, 6.45) is 3.20. The first-order chi connectivity index (χ1) is 15.6. The molecule has 0 saturated carbocycles. The molecule has 0 fully saturated rings. The van der Waals surface area contributed by atoms with Crippen LogP contribution in [0.2, 0.25) is 0 Å². The summed E-state index contributed by atoms with van der Waals surface area (Å²) in [6, 6.07) is 16.7. The number of thiophene rings is 1. The third kappa shape index (κ3) is 4.61. The third-order valence-corrected chi connectivity index (χ3v) is 6.44. The van der Waals surface area contributed by atoms with Crippen LogP contribution in [-0.2, 0) is 4.79 Å². The lowest BCUT2D eigenvalue weighted by Gasteiger charge is -2.10. The summed E-state index contributed by atoms with van der Waals surface area (Å²) in [6.45, 7) is 2.03. The standard InChI is InChI=1S/C24H21N3O3S2/c1-3-31-22-19-15-32-23(25-20(28)14-9-16-7-5-4-6-8-16)21(19)24(29)27(26-22)17-10-12-18(30-2)13-11-17/h4-15H,3H2,1-2H3,(H,25,28). The molecule has 0 bridgehead atoms. The van der Waals surface area contributed by atoms with Crippen LogP contribution < -0.4 is 15.6 Å². The quantitative estimate of drug-likeness (QED) is 0.300. The molecule has 4 aromatic rings. The van der Waals surface area contributed by atoms with Crippen molar-refractivity contribution >= 4 is 50.9 Å². The molecular weight excluding hydrogens is 442 g/mol. The SMILES string of the molecule is CCSc1nn(-c2ccc(OC)cc2)c(=O)c2c(NC(=O)C=Cc3ccccc3)scc12. The molecule has 162 valence electrons. The monoisotopic (exact) mass is 463 g/mol. The average molecular weight is 464 g/mol. The Morgan fingerprint density at radius 3 is 2.62 bits per heavy atom. The van der Waals surface area contributed by atoms with Crippen molar-refractivity contribution in [1.82, 2.24) is 9.78 Å². The number of benzene rings is 2. The summed E-state index contributed by atoms with van der Waals surface area (Å²) < 4.78 is 6.59. The first kappa shape index (κ1) is 21.9. The number of methoxy groups -OCH3 is 1. The summed E-state index contributed by atoms with van der Waals surface area (Å²) >= 11 is 2.88. The molecular formula is C24H21N3O3S2. The number of rotatable bonds is 7. The largest absolute Gasteiger partial charge is 0.497 e. The fourth-order valence-corrected chi connectivity index (χ4v) is 4.89. The maximum Gasteiger partial charge on any atom is 0.282 e. The van der Waals surface area contributed by atoms with Gasteiger partial charge < -0.3 is 10.1 Å². The number of anilines is 1. The van der Waals surface area contributed by atoms with Gasteiger partial charge >= 0.3 is 0 Å². The maximum atomic E-state index is 13.4. The highest BCUT2D eigenvalue weighted by Crippen LogP contribution is 2.34. The van der Waals surface area contributed by atoms with Gasteiger partial charge in [0.15, 0.2) is 0 Å². The lowest BCUT2D eigenvalue weighted by molar-refractivity contribution is -0.111. The van der Waals surface area contributed by atoms with Crippen molar-refractivity contribution in [3.05, 3.63) is 82.0 Å². The molecule has 2 heterocycles. The first-order valence-corrected chi connectivity index (χ1v) is 11.8. The summed E-state index contributed by atoms with van der Waals surface area (Å²) in [4.78, 5) is 25.9. The predicted octanol–water partition coefficient (Wildman–Crippen LogP) is 5.22. The van der Waals surface area contributed by atoms with E-state index in [1.54, 1.807) is 49.2 Å². The smallest absolute Gasteiger partial charge is 0.282 e. The molecule has 0 radical (unpaired) electrons. The molecule has 8 heteroatoms. The molecule has 1 amide bonds. The van der Waals surface area contributed by atoms with Crippen LogP contribution >= 0.6 is 23.1 Å². The van der Waals surface area contributed by atoms with E-state index in [0.717, 1.165) is 21.7 Å². The summed E-state index contributed by atoms with van der Waals surface area (Å²) in [5, 5.41) is 11.8. The van der Waals surface area contributed by atoms with Gasteiger partial charge in [0.05, 0.1) is 18.2 Å². The molecule has 0 atom stereocenters. The number of fused-ring (bicyclic) bond motifs is 1. The fraction of sp³-hybridized carbons (Fsp3) is 0.125. The highest BCUT2D eigenvalue weighted by molar-refractivity contribution is 7.99. The summed E-state index contributed by atoms with van der Waals surface area (Å²) in [5.41, 5.74) is 1.27. The number of amides is 1. The van der Waals surface area contributed by atoms with Crippen molar-refractivity contribution in [2.75, 3.05) is 18.2 Å². The Labute approximate surface area is 193 Å². The Hall–Kier alpha value is -3.36. The van der Waals surface area contributed by atoms with Gasteiger partial charge in [-0.15, -0.1) is 23.1 Å². The molecule has 6 nitrogen and oxygen atoms in total. The van der Waals surface area contributed by atoms with Crippen LogP contribution in [0.1, 0.15) is 12.5 Å². The molecule has 2 aromatic carbocycles. The van der Waals surface area contributed by atoms with E-state index in [0.29, 0.717) is 21.8 Å². The molecule has 0 aliphatic heterocycles. The number of nitrogens with one attached hydrogen (secondary N) is 1. The molecule has 0 spiro atoms. The molecule has 4 rings (SSSR count). The lowest BCUT2D eigenvalue weighted by Crippen LogP contribution is -2.22. The number of carbonyl (C=O) groups is 1. The minimum atomic E-state index is -0.297. The van der Waals surface area contributed by atoms with Crippen LogP contribution in [0.5, 0.6) is 5.75 Å². The van der Waals surface area contributed by atoms with Crippen LogP contribution in [0.4, 0.5) is 5.00 Å². The Morgan fingerprint density at radius 2 is 1.94 bits per heavy atom. The Morgan fingerprint density at radius 1 is 1.19 bits per heavy atom. The van der Waals surface area contributed by atoms with E-state index in [1.165, 1.54) is 22.1 Å². The maximum absolute atomic E-state index is 13.4. The second kappa shape index (κ2) is 9.84. The summed E-state index contributed by atoms with van der Waals surface area (Å²) in [7, 11) is 1.59. The van der Waals surface area contributed by atoms with E-state index in [4.69, 9.17) is 4.74 Å². The number of hydrogen-bond acceptors (Lipinski definition) is 6. The fourth-order valence-electron chi connectivity index (χ4n) is 3.15. The second-order valence-electron chi connectivity index (χ2n) is 6.74. The predicted molar refractivity (Wildman–Crippen MR) is 132 cm³/mol. The van der Waals surface area contributed by atoms with E-state index in [9.17, 15) is 9.59 Å². The van der Waals surface area contributed by atoms with Gasteiger partial charge in [-0.05, 0) is 41.7 Å². The van der Waals surface area contributed by atoms with Gasteiger partial charge in [-0.2, -0.15) is 9.78 Å². The lowest BCUT2D eigenvalue weighted by atomic mass is 10.2. The van der Waals surface area contributed by atoms with Crippen molar-refractivity contribution in [1.29, 1.82) is 0 Å². The highest BCUT2D eigenvalue weighted by atomic mass is 32.2. The average Bonchev–Trinajstić information content (AvgIpc) is 3.24. The van der Waals surface area contributed by atoms with E-state index in [-0.39, 0.29) is 11.5 Å². The number of nitrogens with zero attached hydrogens (tertiary/aromatic N) is 2. The van der Waals surface area contributed by atoms with Crippen LogP contribution in [0.25, 0.3) is 22.5 Å². The van der Waals surface area contributed by atoms with Gasteiger partial charge in [-0.1, -0.05) is 37.3 Å². The van der Waals surface area contributed by atoms with Crippen molar-refractivity contribution in [3.63, 3.8) is 0 Å². The zero-order valence-electron chi connectivity index (χ0n) is 17.6. The van der Waals surface area contributed by atoms with Gasteiger partial charge in [-0.3, -0.25) is 9.59 Å². The zero-order chi connectivity index (χ0) is 22.5. The van der Waals surface area contributed by atoms with Crippen molar-refractivity contribution in [2.45, 2.75) is 11.9 Å². The number of ether oxygens (including phenoxy) is 1. The first-order valence-electron chi connectivity index (χ1n) is 9.96. The molecule has 32 heavy (non-hydrogen) atoms. The van der Waals surface area contributed by atoms with E-state index in [1.807, 2.05) is 42.6 Å². The molecule has 2 aromatic heterocycles.